The SMILES string of the molecule is CCCC(C)C1CCN(c2ccc(-c3cc(B4OC(C)(C)C(C)(C)O4)sc3B3OC(C)(C)C(C)(C)O3)cc2)CC1. The van der Waals surface area contributed by atoms with Crippen LogP contribution in [0.15, 0.2) is 30.3 Å². The maximum Gasteiger partial charge on any atom is 0.506 e. The molecule has 3 fully saturated rings. The Bertz CT molecular complexity index is 1150. The molecule has 0 saturated carbocycles. The van der Waals surface area contributed by atoms with Gasteiger partial charge >= 0.3 is 14.2 Å². The van der Waals surface area contributed by atoms with Crippen LogP contribution in [0.1, 0.15) is 94.9 Å². The molecule has 1 atom stereocenters. The normalized spacial score (nSPS) is 24.6. The standard InChI is InChI=1S/C32H49B2NO4S/c1-11-12-22(2)23-17-19-35(20-18-23)25-15-13-24(14-16-25)26-21-27(33-36-29(3,4)30(5,6)37-33)40-28(26)34-38-31(7,8)32(9,10)39-34/h13-16,21-23H,11-12,17-20H2,1-10H3. The van der Waals surface area contributed by atoms with E-state index in [9.17, 15) is 0 Å². The van der Waals surface area contributed by atoms with E-state index < -0.39 is 36.6 Å². The van der Waals surface area contributed by atoms with Gasteiger partial charge in [0.05, 0.1) is 22.4 Å². The summed E-state index contributed by atoms with van der Waals surface area (Å²) >= 11 is 1.68. The molecule has 218 valence electrons. The third kappa shape index (κ3) is 5.56. The van der Waals surface area contributed by atoms with Crippen LogP contribution in [-0.4, -0.2) is 49.7 Å². The zero-order valence-corrected chi connectivity index (χ0v) is 27.2. The number of benzene rings is 1. The fraction of sp³-hybridized carbons (Fsp3) is 0.688. The predicted octanol–water partition coefficient (Wildman–Crippen LogP) is 6.67. The van der Waals surface area contributed by atoms with Gasteiger partial charge in [0.2, 0.25) is 0 Å². The molecule has 3 aliphatic heterocycles. The summed E-state index contributed by atoms with van der Waals surface area (Å²) in [5.41, 5.74) is 2.00. The molecule has 40 heavy (non-hydrogen) atoms. The van der Waals surface area contributed by atoms with Gasteiger partial charge in [0.25, 0.3) is 0 Å². The van der Waals surface area contributed by atoms with E-state index >= 15 is 0 Å². The summed E-state index contributed by atoms with van der Waals surface area (Å²) in [7, 11) is -0.856. The zero-order valence-electron chi connectivity index (χ0n) is 26.4. The largest absolute Gasteiger partial charge is 0.506 e. The molecule has 5 rings (SSSR count). The van der Waals surface area contributed by atoms with E-state index in [1.165, 1.54) is 36.9 Å². The van der Waals surface area contributed by atoms with Crippen LogP contribution < -0.4 is 14.5 Å². The summed E-state index contributed by atoms with van der Waals surface area (Å²) in [6, 6.07) is 11.3. The molecule has 5 nitrogen and oxygen atoms in total. The summed E-state index contributed by atoms with van der Waals surface area (Å²) in [6.45, 7) is 23.9. The number of piperidine rings is 1. The molecule has 1 unspecified atom stereocenters. The highest BCUT2D eigenvalue weighted by Gasteiger charge is 2.55. The van der Waals surface area contributed by atoms with Crippen molar-refractivity contribution in [3.8, 4) is 11.1 Å². The van der Waals surface area contributed by atoms with Crippen molar-refractivity contribution >= 4 is 40.8 Å². The van der Waals surface area contributed by atoms with Gasteiger partial charge in [-0.2, -0.15) is 11.3 Å². The number of thiophene rings is 1. The average molecular weight is 565 g/mol. The van der Waals surface area contributed by atoms with Crippen LogP contribution in [0, 0.1) is 11.8 Å². The Labute approximate surface area is 247 Å². The summed E-state index contributed by atoms with van der Waals surface area (Å²) in [4.78, 5) is 2.55. The van der Waals surface area contributed by atoms with Crippen LogP contribution in [0.25, 0.3) is 11.1 Å². The van der Waals surface area contributed by atoms with Crippen molar-refractivity contribution in [2.24, 2.45) is 11.8 Å². The Morgan fingerprint density at radius 2 is 1.32 bits per heavy atom. The lowest BCUT2D eigenvalue weighted by atomic mass is 9.81. The number of nitrogens with zero attached hydrogens (tertiary/aromatic N) is 1. The fourth-order valence-corrected chi connectivity index (χ4v) is 7.22. The molecule has 0 spiro atoms. The molecule has 1 aromatic heterocycles. The van der Waals surface area contributed by atoms with E-state index in [4.69, 9.17) is 18.6 Å². The van der Waals surface area contributed by atoms with Gasteiger partial charge in [-0.1, -0.05) is 38.8 Å². The first-order valence-corrected chi connectivity index (χ1v) is 16.2. The van der Waals surface area contributed by atoms with Crippen LogP contribution in [0.2, 0.25) is 0 Å². The Balaban J connectivity index is 1.41. The van der Waals surface area contributed by atoms with Gasteiger partial charge in [-0.15, -0.1) is 0 Å². The first-order valence-electron chi connectivity index (χ1n) is 15.3. The summed E-state index contributed by atoms with van der Waals surface area (Å²) < 4.78 is 28.1. The van der Waals surface area contributed by atoms with E-state index in [1.54, 1.807) is 11.3 Å². The maximum absolute atomic E-state index is 6.53. The van der Waals surface area contributed by atoms with Gasteiger partial charge in [0, 0.05) is 28.3 Å². The molecule has 1 aromatic carbocycles. The highest BCUT2D eigenvalue weighted by atomic mass is 32.1. The monoisotopic (exact) mass is 565 g/mol. The third-order valence-corrected chi connectivity index (χ3v) is 11.5. The van der Waals surface area contributed by atoms with Crippen molar-refractivity contribution < 1.29 is 18.6 Å². The van der Waals surface area contributed by atoms with Crippen LogP contribution in [0.5, 0.6) is 0 Å². The second-order valence-corrected chi connectivity index (χ2v) is 15.4. The smallest absolute Gasteiger partial charge is 0.399 e. The van der Waals surface area contributed by atoms with E-state index in [0.717, 1.165) is 40.0 Å². The molecule has 3 saturated heterocycles. The van der Waals surface area contributed by atoms with Crippen LogP contribution in [0.3, 0.4) is 0 Å². The van der Waals surface area contributed by atoms with Crippen LogP contribution in [0.4, 0.5) is 5.69 Å². The minimum absolute atomic E-state index is 0.393. The van der Waals surface area contributed by atoms with Gasteiger partial charge in [-0.3, -0.25) is 0 Å². The van der Waals surface area contributed by atoms with E-state index in [-0.39, 0.29) is 0 Å². The van der Waals surface area contributed by atoms with Gasteiger partial charge < -0.3 is 23.5 Å². The molecular formula is C32H49B2NO4S. The second-order valence-electron chi connectivity index (χ2n) is 14.2. The number of hydrogen-bond donors (Lipinski definition) is 0. The lowest BCUT2D eigenvalue weighted by Gasteiger charge is -2.36. The van der Waals surface area contributed by atoms with Gasteiger partial charge in [-0.25, -0.2) is 0 Å². The lowest BCUT2D eigenvalue weighted by molar-refractivity contribution is 0.00578. The van der Waals surface area contributed by atoms with E-state index in [1.807, 2.05) is 0 Å². The average Bonchev–Trinajstić information content (AvgIpc) is 3.48. The molecular weight excluding hydrogens is 516 g/mol. The fourth-order valence-electron chi connectivity index (χ4n) is 6.12. The Morgan fingerprint density at radius 1 is 0.825 bits per heavy atom. The Kier molecular flexibility index (Phi) is 8.11. The summed E-state index contributed by atoms with van der Waals surface area (Å²) in [5, 5.41) is 0. The highest BCUT2D eigenvalue weighted by molar-refractivity contribution is 7.31. The van der Waals surface area contributed by atoms with Crippen molar-refractivity contribution in [2.45, 2.75) is 117 Å². The first-order chi connectivity index (χ1) is 18.6. The second kappa shape index (κ2) is 10.8. The van der Waals surface area contributed by atoms with Gasteiger partial charge in [-0.05, 0) is 109 Å². The number of hydrogen-bond acceptors (Lipinski definition) is 6. The van der Waals surface area contributed by atoms with Crippen molar-refractivity contribution in [2.75, 3.05) is 18.0 Å². The summed E-state index contributed by atoms with van der Waals surface area (Å²) in [5.74, 6) is 1.69. The van der Waals surface area contributed by atoms with Crippen molar-refractivity contribution in [3.63, 3.8) is 0 Å². The van der Waals surface area contributed by atoms with Crippen molar-refractivity contribution in [1.29, 1.82) is 0 Å². The molecule has 0 bridgehead atoms. The van der Waals surface area contributed by atoms with E-state index in [0.29, 0.717) is 0 Å². The molecule has 8 heteroatoms. The highest BCUT2D eigenvalue weighted by Crippen LogP contribution is 2.40. The zero-order chi connectivity index (χ0) is 29.1. The Hall–Kier alpha value is -1.31. The van der Waals surface area contributed by atoms with Gasteiger partial charge in [0.1, 0.15) is 0 Å². The first kappa shape index (κ1) is 30.2. The minimum Gasteiger partial charge on any atom is -0.399 e. The molecule has 2 aromatic rings. The molecule has 0 amide bonds. The molecule has 0 N–H and O–H groups in total. The molecule has 0 aliphatic carbocycles. The number of rotatable bonds is 7. The topological polar surface area (TPSA) is 40.2 Å². The third-order valence-electron chi connectivity index (χ3n) is 10.4. The Morgan fingerprint density at radius 3 is 1.82 bits per heavy atom. The van der Waals surface area contributed by atoms with Crippen LogP contribution >= 0.6 is 11.3 Å². The van der Waals surface area contributed by atoms with E-state index in [2.05, 4.69) is 104 Å². The molecule has 0 radical (unpaired) electrons. The van der Waals surface area contributed by atoms with Gasteiger partial charge in [0.15, 0.2) is 0 Å². The van der Waals surface area contributed by atoms with Crippen molar-refractivity contribution in [1.82, 2.24) is 0 Å². The van der Waals surface area contributed by atoms with Crippen LogP contribution in [-0.2, 0) is 18.6 Å². The molecule has 4 heterocycles. The predicted molar refractivity (Wildman–Crippen MR) is 170 cm³/mol. The maximum atomic E-state index is 6.53. The number of anilines is 1. The lowest BCUT2D eigenvalue weighted by Crippen LogP contribution is -2.41. The van der Waals surface area contributed by atoms with Crippen molar-refractivity contribution in [3.05, 3.63) is 30.3 Å². The minimum atomic E-state index is -0.440. The molecule has 3 aliphatic rings. The quantitative estimate of drug-likeness (QED) is 0.351. The summed E-state index contributed by atoms with van der Waals surface area (Å²) in [6.07, 6.45) is 5.21.